The quantitative estimate of drug-likeness (QED) is 0.502. The van der Waals surface area contributed by atoms with Gasteiger partial charge in [0.1, 0.15) is 0 Å². The van der Waals surface area contributed by atoms with Gasteiger partial charge < -0.3 is 10.1 Å². The number of rotatable bonds is 5. The maximum absolute atomic E-state index is 11.5. The van der Waals surface area contributed by atoms with Crippen LogP contribution in [-0.2, 0) is 14.3 Å². The zero-order chi connectivity index (χ0) is 17.2. The van der Waals surface area contributed by atoms with Gasteiger partial charge in [-0.3, -0.25) is 9.78 Å². The number of pyridine rings is 1. The number of halogens is 1. The van der Waals surface area contributed by atoms with Gasteiger partial charge in [0.2, 0.25) is 0 Å². The number of benzene rings is 1. The number of allylic oxidation sites excluding steroid dienone is 2. The van der Waals surface area contributed by atoms with Crippen LogP contribution in [0, 0.1) is 0 Å². The molecule has 130 valence electrons. The van der Waals surface area contributed by atoms with Gasteiger partial charge in [-0.2, -0.15) is 0 Å². The molecule has 0 bridgehead atoms. The first-order chi connectivity index (χ1) is 11.7. The van der Waals surface area contributed by atoms with Gasteiger partial charge in [0.25, 0.3) is 0 Å². The van der Waals surface area contributed by atoms with Gasteiger partial charge >= 0.3 is 11.9 Å². The fourth-order valence-electron chi connectivity index (χ4n) is 1.85. The smallest absolute Gasteiger partial charge is 0.397 e. The maximum atomic E-state index is 11.5. The lowest BCUT2D eigenvalue weighted by molar-refractivity contribution is -0.152. The Bertz CT molecular complexity index is 741. The molecule has 2 aromatic rings. The van der Waals surface area contributed by atoms with Crippen LogP contribution < -0.4 is 5.32 Å². The number of hydrogen-bond acceptors (Lipinski definition) is 4. The maximum Gasteiger partial charge on any atom is 0.397 e. The van der Waals surface area contributed by atoms with Gasteiger partial charge in [-0.25, -0.2) is 4.79 Å². The lowest BCUT2D eigenvalue weighted by atomic mass is 10.2. The van der Waals surface area contributed by atoms with Crippen molar-refractivity contribution in [2.75, 3.05) is 11.9 Å². The molecular weight excluding hydrogens is 340 g/mol. The fourth-order valence-corrected chi connectivity index (χ4v) is 1.85. The molecular formula is C19H19ClN2O3. The van der Waals surface area contributed by atoms with Crippen molar-refractivity contribution in [2.24, 2.45) is 0 Å². The highest BCUT2D eigenvalue weighted by Gasteiger charge is 2.14. The van der Waals surface area contributed by atoms with Gasteiger partial charge in [0.05, 0.1) is 12.3 Å². The number of nitrogens with zero attached hydrogens (tertiary/aromatic N) is 1. The Morgan fingerprint density at radius 2 is 1.80 bits per heavy atom. The van der Waals surface area contributed by atoms with Crippen LogP contribution in [-0.4, -0.2) is 23.5 Å². The molecule has 0 saturated carbocycles. The van der Waals surface area contributed by atoms with Crippen LogP contribution in [0.1, 0.15) is 18.2 Å². The van der Waals surface area contributed by atoms with Crippen molar-refractivity contribution in [2.45, 2.75) is 6.92 Å². The minimum absolute atomic E-state index is 0. The summed E-state index contributed by atoms with van der Waals surface area (Å²) in [6.45, 7) is 1.82. The molecule has 0 unspecified atom stereocenters. The van der Waals surface area contributed by atoms with E-state index in [4.69, 9.17) is 0 Å². The monoisotopic (exact) mass is 358 g/mol. The third-order valence-corrected chi connectivity index (χ3v) is 2.98. The van der Waals surface area contributed by atoms with Crippen LogP contribution in [0.15, 0.2) is 60.8 Å². The van der Waals surface area contributed by atoms with Crippen molar-refractivity contribution in [3.8, 4) is 0 Å². The molecule has 0 saturated heterocycles. The largest absolute Gasteiger partial charge is 0.459 e. The standard InChI is InChI=1S/C19H18N2O3.ClH/c1-2-24-19(23)18(22)21-17-12-10-15(11-13-17)7-3-4-8-16-9-5-6-14-20-16;/h3-14H,2H2,1H3,(H,21,22);1H. The van der Waals surface area contributed by atoms with E-state index in [9.17, 15) is 9.59 Å². The summed E-state index contributed by atoms with van der Waals surface area (Å²) in [5.41, 5.74) is 2.39. The van der Waals surface area contributed by atoms with Crippen LogP contribution >= 0.6 is 12.4 Å². The van der Waals surface area contributed by atoms with Gasteiger partial charge in [0.15, 0.2) is 0 Å². The second-order valence-electron chi connectivity index (χ2n) is 4.77. The predicted octanol–water partition coefficient (Wildman–Crippen LogP) is 3.73. The van der Waals surface area contributed by atoms with Gasteiger partial charge in [-0.05, 0) is 42.8 Å². The van der Waals surface area contributed by atoms with E-state index < -0.39 is 11.9 Å². The Labute approximate surface area is 152 Å². The van der Waals surface area contributed by atoms with E-state index in [1.807, 2.05) is 54.6 Å². The highest BCUT2D eigenvalue weighted by molar-refractivity contribution is 6.37. The highest BCUT2D eigenvalue weighted by atomic mass is 35.5. The molecule has 0 aliphatic heterocycles. The van der Waals surface area contributed by atoms with Gasteiger partial charge in [-0.15, -0.1) is 12.4 Å². The van der Waals surface area contributed by atoms with E-state index in [-0.39, 0.29) is 19.0 Å². The van der Waals surface area contributed by atoms with Crippen molar-refractivity contribution in [1.82, 2.24) is 4.98 Å². The summed E-state index contributed by atoms with van der Waals surface area (Å²) in [6.07, 6.45) is 9.38. The van der Waals surface area contributed by atoms with E-state index in [1.54, 1.807) is 25.3 Å². The number of esters is 1. The molecule has 0 aliphatic carbocycles. The molecule has 0 aliphatic rings. The predicted molar refractivity (Wildman–Crippen MR) is 101 cm³/mol. The van der Waals surface area contributed by atoms with Crippen LogP contribution in [0.3, 0.4) is 0 Å². The summed E-state index contributed by atoms with van der Waals surface area (Å²) < 4.78 is 4.63. The second-order valence-corrected chi connectivity index (χ2v) is 4.77. The molecule has 2 rings (SSSR count). The molecule has 25 heavy (non-hydrogen) atoms. The SMILES string of the molecule is CCOC(=O)C(=O)Nc1ccc(C=CC=Cc2ccccn2)cc1.Cl. The fraction of sp³-hybridized carbons (Fsp3) is 0.105. The molecule has 0 radical (unpaired) electrons. The number of anilines is 1. The third-order valence-electron chi connectivity index (χ3n) is 2.98. The lowest BCUT2D eigenvalue weighted by Gasteiger charge is -2.04. The van der Waals surface area contributed by atoms with Crippen LogP contribution in [0.5, 0.6) is 0 Å². The molecule has 6 heteroatoms. The van der Waals surface area contributed by atoms with Crippen LogP contribution in [0.2, 0.25) is 0 Å². The van der Waals surface area contributed by atoms with Crippen molar-refractivity contribution < 1.29 is 14.3 Å². The summed E-state index contributed by atoms with van der Waals surface area (Å²) in [5, 5.41) is 2.48. The van der Waals surface area contributed by atoms with Crippen molar-refractivity contribution in [3.63, 3.8) is 0 Å². The van der Waals surface area contributed by atoms with E-state index in [0.29, 0.717) is 5.69 Å². The number of amides is 1. The zero-order valence-electron chi connectivity index (χ0n) is 13.7. The minimum Gasteiger partial charge on any atom is -0.459 e. The number of nitrogens with one attached hydrogen (secondary N) is 1. The molecule has 1 aromatic heterocycles. The zero-order valence-corrected chi connectivity index (χ0v) is 14.5. The lowest BCUT2D eigenvalue weighted by Crippen LogP contribution is -2.24. The normalized spacial score (nSPS) is 10.4. The van der Waals surface area contributed by atoms with Gasteiger partial charge in [0, 0.05) is 11.9 Å². The number of ether oxygens (including phenoxy) is 1. The van der Waals surface area contributed by atoms with E-state index in [1.165, 1.54) is 0 Å². The van der Waals surface area contributed by atoms with E-state index >= 15 is 0 Å². The first-order valence-electron chi connectivity index (χ1n) is 7.53. The molecule has 1 heterocycles. The van der Waals surface area contributed by atoms with Crippen molar-refractivity contribution in [1.29, 1.82) is 0 Å². The molecule has 1 amide bonds. The molecule has 1 aromatic carbocycles. The minimum atomic E-state index is -0.888. The summed E-state index contributed by atoms with van der Waals surface area (Å²) in [6, 6.07) is 12.8. The summed E-state index contributed by atoms with van der Waals surface area (Å²) in [5.74, 6) is -1.67. The Balaban J connectivity index is 0.00000312. The average molecular weight is 359 g/mol. The Morgan fingerprint density at radius 1 is 1.08 bits per heavy atom. The van der Waals surface area contributed by atoms with E-state index in [2.05, 4.69) is 15.0 Å². The molecule has 1 N–H and O–H groups in total. The number of carbonyl (C=O) groups excluding carboxylic acids is 2. The molecule has 0 atom stereocenters. The first-order valence-corrected chi connectivity index (χ1v) is 7.53. The Hall–Kier alpha value is -2.92. The topological polar surface area (TPSA) is 68.3 Å². The molecule has 0 spiro atoms. The third kappa shape index (κ3) is 7.01. The Kier molecular flexibility index (Phi) is 8.68. The molecule has 5 nitrogen and oxygen atoms in total. The summed E-state index contributed by atoms with van der Waals surface area (Å²) >= 11 is 0. The first kappa shape index (κ1) is 20.1. The van der Waals surface area contributed by atoms with Crippen molar-refractivity contribution in [3.05, 3.63) is 72.1 Å². The van der Waals surface area contributed by atoms with Gasteiger partial charge in [-0.1, -0.05) is 36.4 Å². The average Bonchev–Trinajstić information content (AvgIpc) is 2.61. The van der Waals surface area contributed by atoms with Crippen molar-refractivity contribution >= 4 is 42.1 Å². The van der Waals surface area contributed by atoms with Crippen LogP contribution in [0.25, 0.3) is 12.2 Å². The highest BCUT2D eigenvalue weighted by Crippen LogP contribution is 2.11. The Morgan fingerprint density at radius 3 is 2.44 bits per heavy atom. The number of hydrogen-bond donors (Lipinski definition) is 1. The molecule has 0 fully saturated rings. The number of carbonyl (C=O) groups is 2. The summed E-state index contributed by atoms with van der Waals surface area (Å²) in [4.78, 5) is 27.0. The second kappa shape index (κ2) is 10.8. The van der Waals surface area contributed by atoms with E-state index in [0.717, 1.165) is 11.3 Å². The summed E-state index contributed by atoms with van der Waals surface area (Å²) in [7, 11) is 0. The van der Waals surface area contributed by atoms with Crippen LogP contribution in [0.4, 0.5) is 5.69 Å². The number of aromatic nitrogens is 1.